The molecule has 0 radical (unpaired) electrons. The Hall–Kier alpha value is -0.570. The van der Waals surface area contributed by atoms with Crippen LogP contribution in [0.25, 0.3) is 0 Å². The molecule has 2 N–H and O–H groups in total. The number of aliphatic hydroxyl groups is 1. The monoisotopic (exact) mass is 173 g/mol. The molecular weight excluding hydrogens is 154 g/mol. The van der Waals surface area contributed by atoms with Crippen molar-refractivity contribution in [3.63, 3.8) is 0 Å². The van der Waals surface area contributed by atoms with Crippen LogP contribution in [0.4, 0.5) is 0 Å². The second-order valence-electron chi connectivity index (χ2n) is 3.27. The van der Waals surface area contributed by atoms with Crippen molar-refractivity contribution in [1.29, 1.82) is 0 Å². The number of rotatable bonds is 5. The van der Waals surface area contributed by atoms with Crippen molar-refractivity contribution in [3.8, 4) is 0 Å². The van der Waals surface area contributed by atoms with Crippen LogP contribution in [0.1, 0.15) is 33.6 Å². The first-order valence-electron chi connectivity index (χ1n) is 4.45. The minimum atomic E-state index is -0.119. The summed E-state index contributed by atoms with van der Waals surface area (Å²) in [5.41, 5.74) is -0.119. The van der Waals surface area contributed by atoms with Gasteiger partial charge >= 0.3 is 0 Å². The first kappa shape index (κ1) is 11.4. The van der Waals surface area contributed by atoms with E-state index in [4.69, 9.17) is 5.11 Å². The van der Waals surface area contributed by atoms with Gasteiger partial charge in [0.1, 0.15) is 0 Å². The fourth-order valence-electron chi connectivity index (χ4n) is 1.09. The van der Waals surface area contributed by atoms with Crippen LogP contribution in [0, 0.1) is 5.41 Å². The molecule has 0 aliphatic heterocycles. The quantitative estimate of drug-likeness (QED) is 0.649. The third-order valence-electron chi connectivity index (χ3n) is 2.55. The topological polar surface area (TPSA) is 49.3 Å². The molecular formula is C9H19NO2. The molecule has 0 fully saturated rings. The largest absolute Gasteiger partial charge is 0.396 e. The van der Waals surface area contributed by atoms with Gasteiger partial charge in [-0.05, 0) is 12.8 Å². The lowest BCUT2D eigenvalue weighted by Gasteiger charge is -2.29. The fraction of sp³-hybridized carbons (Fsp3) is 0.889. The lowest BCUT2D eigenvalue weighted by Crippen LogP contribution is -2.38. The second-order valence-corrected chi connectivity index (χ2v) is 3.27. The number of carbonyl (C=O) groups excluding carboxylic acids is 1. The van der Waals surface area contributed by atoms with Crippen LogP contribution < -0.4 is 5.32 Å². The molecule has 0 spiro atoms. The lowest BCUT2D eigenvalue weighted by molar-refractivity contribution is -0.119. The van der Waals surface area contributed by atoms with E-state index in [1.165, 1.54) is 6.92 Å². The van der Waals surface area contributed by atoms with Crippen molar-refractivity contribution in [2.24, 2.45) is 5.41 Å². The Kier molecular flexibility index (Phi) is 4.90. The molecule has 0 bridgehead atoms. The molecule has 1 amide bonds. The third-order valence-corrected chi connectivity index (χ3v) is 2.55. The molecule has 0 unspecified atom stereocenters. The highest BCUT2D eigenvalue weighted by molar-refractivity contribution is 5.72. The van der Waals surface area contributed by atoms with E-state index in [1.807, 2.05) is 13.8 Å². The second kappa shape index (κ2) is 5.14. The van der Waals surface area contributed by atoms with Crippen LogP contribution in [0.2, 0.25) is 0 Å². The lowest BCUT2D eigenvalue weighted by atomic mass is 9.83. The van der Waals surface area contributed by atoms with Crippen LogP contribution in [-0.2, 0) is 4.79 Å². The van der Waals surface area contributed by atoms with Crippen molar-refractivity contribution >= 4 is 5.91 Å². The number of aliphatic hydroxyl groups excluding tert-OH is 1. The van der Waals surface area contributed by atoms with Crippen molar-refractivity contribution in [3.05, 3.63) is 0 Å². The molecule has 0 saturated carbocycles. The van der Waals surface area contributed by atoms with Crippen LogP contribution in [0.3, 0.4) is 0 Å². The maximum atomic E-state index is 10.6. The van der Waals surface area contributed by atoms with E-state index >= 15 is 0 Å². The van der Waals surface area contributed by atoms with E-state index in [1.54, 1.807) is 0 Å². The minimum absolute atomic E-state index is 0.0327. The van der Waals surface area contributed by atoms with Gasteiger partial charge in [-0.3, -0.25) is 4.79 Å². The van der Waals surface area contributed by atoms with E-state index in [-0.39, 0.29) is 17.9 Å². The van der Waals surface area contributed by atoms with E-state index in [0.29, 0.717) is 6.54 Å². The Labute approximate surface area is 74.2 Å². The number of carbonyl (C=O) groups is 1. The van der Waals surface area contributed by atoms with Gasteiger partial charge in [-0.15, -0.1) is 0 Å². The van der Waals surface area contributed by atoms with Crippen molar-refractivity contribution in [2.45, 2.75) is 33.6 Å². The number of amides is 1. The van der Waals surface area contributed by atoms with Gasteiger partial charge in [0, 0.05) is 18.9 Å². The predicted octanol–water partition coefficient (Wildman–Crippen LogP) is 0.921. The summed E-state index contributed by atoms with van der Waals surface area (Å²) in [4.78, 5) is 10.6. The van der Waals surface area contributed by atoms with Crippen molar-refractivity contribution in [2.75, 3.05) is 13.2 Å². The molecule has 12 heavy (non-hydrogen) atoms. The summed E-state index contributed by atoms with van der Waals surface area (Å²) in [5.74, 6) is -0.0327. The third kappa shape index (κ3) is 3.22. The summed E-state index contributed by atoms with van der Waals surface area (Å²) >= 11 is 0. The Balaban J connectivity index is 4.01. The highest BCUT2D eigenvalue weighted by atomic mass is 16.3. The maximum absolute atomic E-state index is 10.6. The van der Waals surface area contributed by atoms with Gasteiger partial charge in [0.2, 0.25) is 5.91 Å². The molecule has 3 nitrogen and oxygen atoms in total. The summed E-state index contributed by atoms with van der Waals surface area (Å²) in [6.07, 6.45) is 1.78. The minimum Gasteiger partial charge on any atom is -0.396 e. The first-order chi connectivity index (χ1) is 5.60. The van der Waals surface area contributed by atoms with E-state index in [9.17, 15) is 4.79 Å². The molecule has 0 heterocycles. The number of hydrogen-bond donors (Lipinski definition) is 2. The van der Waals surface area contributed by atoms with E-state index in [0.717, 1.165) is 12.8 Å². The zero-order valence-electron chi connectivity index (χ0n) is 8.18. The molecule has 0 aromatic carbocycles. The molecule has 72 valence electrons. The van der Waals surface area contributed by atoms with Gasteiger partial charge in [-0.1, -0.05) is 13.8 Å². The molecule has 3 heteroatoms. The Morgan fingerprint density at radius 2 is 1.92 bits per heavy atom. The predicted molar refractivity (Wildman–Crippen MR) is 48.8 cm³/mol. The van der Waals surface area contributed by atoms with Crippen LogP contribution in [0.15, 0.2) is 0 Å². The maximum Gasteiger partial charge on any atom is 0.216 e. The van der Waals surface area contributed by atoms with Crippen LogP contribution in [-0.4, -0.2) is 24.2 Å². The summed E-state index contributed by atoms with van der Waals surface area (Å²) in [6, 6.07) is 0. The highest BCUT2D eigenvalue weighted by Crippen LogP contribution is 2.24. The van der Waals surface area contributed by atoms with Gasteiger partial charge < -0.3 is 10.4 Å². The molecule has 0 atom stereocenters. The van der Waals surface area contributed by atoms with E-state index < -0.39 is 0 Å². The smallest absolute Gasteiger partial charge is 0.216 e. The first-order valence-corrected chi connectivity index (χ1v) is 4.45. The normalized spacial score (nSPS) is 11.3. The molecule has 0 aliphatic carbocycles. The zero-order valence-corrected chi connectivity index (χ0v) is 8.18. The average Bonchev–Trinajstić information content (AvgIpc) is 2.08. The number of nitrogens with one attached hydrogen (secondary N) is 1. The summed E-state index contributed by atoms with van der Waals surface area (Å²) in [6.45, 7) is 6.27. The van der Waals surface area contributed by atoms with E-state index in [2.05, 4.69) is 5.32 Å². The van der Waals surface area contributed by atoms with Gasteiger partial charge in [0.15, 0.2) is 0 Å². The molecule has 0 aliphatic rings. The van der Waals surface area contributed by atoms with Crippen molar-refractivity contribution < 1.29 is 9.90 Å². The highest BCUT2D eigenvalue weighted by Gasteiger charge is 2.24. The van der Waals surface area contributed by atoms with Gasteiger partial charge in [0.05, 0.1) is 6.61 Å². The molecule has 0 aromatic rings. The summed E-state index contributed by atoms with van der Waals surface area (Å²) < 4.78 is 0. The Morgan fingerprint density at radius 3 is 2.17 bits per heavy atom. The number of hydrogen-bond acceptors (Lipinski definition) is 2. The fourth-order valence-corrected chi connectivity index (χ4v) is 1.09. The standard InChI is InChI=1S/C9H19NO2/c1-4-9(5-2,7-11)6-10-8(3)12/h11H,4-7H2,1-3H3,(H,10,12). The Bertz CT molecular complexity index is 133. The van der Waals surface area contributed by atoms with Crippen LogP contribution >= 0.6 is 0 Å². The summed E-state index contributed by atoms with van der Waals surface area (Å²) in [5, 5.41) is 11.9. The molecule has 0 rings (SSSR count). The summed E-state index contributed by atoms with van der Waals surface area (Å²) in [7, 11) is 0. The zero-order chi connectivity index (χ0) is 9.61. The van der Waals surface area contributed by atoms with Gasteiger partial charge in [-0.2, -0.15) is 0 Å². The van der Waals surface area contributed by atoms with Crippen LogP contribution in [0.5, 0.6) is 0 Å². The molecule has 0 aromatic heterocycles. The average molecular weight is 173 g/mol. The molecule has 0 saturated heterocycles. The van der Waals surface area contributed by atoms with Gasteiger partial charge in [0.25, 0.3) is 0 Å². The SMILES string of the molecule is CCC(CC)(CO)CNC(C)=O. The van der Waals surface area contributed by atoms with Crippen molar-refractivity contribution in [1.82, 2.24) is 5.32 Å². The Morgan fingerprint density at radius 1 is 1.42 bits per heavy atom. The van der Waals surface area contributed by atoms with Gasteiger partial charge in [-0.25, -0.2) is 0 Å².